The molecule has 0 radical (unpaired) electrons. The lowest BCUT2D eigenvalue weighted by Crippen LogP contribution is -2.43. The Bertz CT molecular complexity index is 715. The molecule has 2 aromatic rings. The number of nitrogens with one attached hydrogen (secondary N) is 1. The van der Waals surface area contributed by atoms with Gasteiger partial charge in [-0.15, -0.1) is 0 Å². The summed E-state index contributed by atoms with van der Waals surface area (Å²) in [7, 11) is 0. The third-order valence-corrected chi connectivity index (χ3v) is 5.52. The molecule has 0 spiro atoms. The minimum absolute atomic E-state index is 0.0113. The first-order valence-electron chi connectivity index (χ1n) is 8.62. The molecule has 0 aliphatic carbocycles. The average Bonchev–Trinajstić information content (AvgIpc) is 3.00. The van der Waals surface area contributed by atoms with E-state index in [0.717, 1.165) is 42.2 Å². The van der Waals surface area contributed by atoms with E-state index in [1.165, 1.54) is 17.4 Å². The number of para-hydroxylation sites is 1. The van der Waals surface area contributed by atoms with E-state index in [9.17, 15) is 9.18 Å². The molecule has 1 aromatic carbocycles. The summed E-state index contributed by atoms with van der Waals surface area (Å²) in [5.74, 6) is 0.427. The van der Waals surface area contributed by atoms with Gasteiger partial charge in [0.1, 0.15) is 11.3 Å². The molecule has 1 aliphatic heterocycles. The Kier molecular flexibility index (Phi) is 5.33. The highest BCUT2D eigenvalue weighted by Crippen LogP contribution is 2.32. The summed E-state index contributed by atoms with van der Waals surface area (Å²) in [6, 6.07) is 5.04. The fraction of sp³-hybridized carbons (Fsp3) is 0.556. The zero-order valence-corrected chi connectivity index (χ0v) is 15.0. The van der Waals surface area contributed by atoms with Gasteiger partial charge in [0.25, 0.3) is 0 Å². The number of nitrogens with zero attached hydrogens (tertiary/aromatic N) is 2. The predicted molar refractivity (Wildman–Crippen MR) is 97.0 cm³/mol. The second-order valence-electron chi connectivity index (χ2n) is 6.84. The normalized spacial score (nSPS) is 18.3. The minimum atomic E-state index is -0.282. The Balaban J connectivity index is 1.66. The van der Waals surface area contributed by atoms with Crippen LogP contribution in [0, 0.1) is 17.7 Å². The molecule has 6 heteroatoms. The first kappa shape index (κ1) is 17.1. The van der Waals surface area contributed by atoms with Gasteiger partial charge >= 0.3 is 0 Å². The molecule has 1 aromatic heterocycles. The molecule has 4 nitrogen and oxygen atoms in total. The third-order valence-electron chi connectivity index (χ3n) is 4.44. The van der Waals surface area contributed by atoms with Crippen LogP contribution in [-0.2, 0) is 4.79 Å². The maximum absolute atomic E-state index is 13.8. The number of carbonyl (C=O) groups is 1. The summed E-state index contributed by atoms with van der Waals surface area (Å²) in [6.07, 6.45) is 2.86. The highest BCUT2D eigenvalue weighted by molar-refractivity contribution is 7.22. The lowest BCUT2D eigenvalue weighted by molar-refractivity contribution is -0.125. The summed E-state index contributed by atoms with van der Waals surface area (Å²) in [5, 5.41) is 3.86. The minimum Gasteiger partial charge on any atom is -0.356 e. The number of hydrogen-bond donors (Lipinski definition) is 1. The van der Waals surface area contributed by atoms with Crippen molar-refractivity contribution in [2.45, 2.75) is 33.1 Å². The third kappa shape index (κ3) is 3.86. The van der Waals surface area contributed by atoms with E-state index in [0.29, 0.717) is 18.0 Å². The molecular weight excluding hydrogens is 325 g/mol. The number of carbonyl (C=O) groups excluding carboxylic acids is 1. The maximum Gasteiger partial charge on any atom is 0.224 e. The van der Waals surface area contributed by atoms with Gasteiger partial charge in [-0.25, -0.2) is 9.37 Å². The molecule has 130 valence electrons. The number of aromatic nitrogens is 1. The Hall–Kier alpha value is -1.69. The number of halogens is 1. The van der Waals surface area contributed by atoms with Crippen LogP contribution in [0.5, 0.6) is 0 Å². The van der Waals surface area contributed by atoms with Gasteiger partial charge in [-0.2, -0.15) is 0 Å². The first-order chi connectivity index (χ1) is 11.5. The van der Waals surface area contributed by atoms with Gasteiger partial charge in [0.2, 0.25) is 5.91 Å². The summed E-state index contributed by atoms with van der Waals surface area (Å²) >= 11 is 1.50. The lowest BCUT2D eigenvalue weighted by Gasteiger charge is -2.31. The van der Waals surface area contributed by atoms with Gasteiger partial charge in [0.05, 0.1) is 10.6 Å². The summed E-state index contributed by atoms with van der Waals surface area (Å²) in [6.45, 7) is 6.58. The fourth-order valence-electron chi connectivity index (χ4n) is 3.03. The molecule has 1 unspecified atom stereocenters. The predicted octanol–water partition coefficient (Wildman–Crippen LogP) is 3.81. The topological polar surface area (TPSA) is 45.2 Å². The Morgan fingerprint density at radius 2 is 2.33 bits per heavy atom. The molecule has 1 aliphatic rings. The standard InChI is InChI=1S/C18H24FN3OS/c1-12(2)8-9-20-17(23)13-5-4-10-22(11-13)18-21-16-14(19)6-3-7-15(16)24-18/h3,6-7,12-13H,4-5,8-11H2,1-2H3,(H,20,23). The van der Waals surface area contributed by atoms with Crippen LogP contribution >= 0.6 is 11.3 Å². The van der Waals surface area contributed by atoms with E-state index < -0.39 is 0 Å². The first-order valence-corrected chi connectivity index (χ1v) is 9.44. The molecule has 2 heterocycles. The molecule has 24 heavy (non-hydrogen) atoms. The van der Waals surface area contributed by atoms with Crippen LogP contribution < -0.4 is 10.2 Å². The van der Waals surface area contributed by atoms with Crippen molar-refractivity contribution in [2.75, 3.05) is 24.5 Å². The van der Waals surface area contributed by atoms with Crippen molar-refractivity contribution in [2.24, 2.45) is 11.8 Å². The number of amides is 1. The number of fused-ring (bicyclic) bond motifs is 1. The zero-order chi connectivity index (χ0) is 17.1. The number of piperidine rings is 1. The van der Waals surface area contributed by atoms with Crippen molar-refractivity contribution in [3.63, 3.8) is 0 Å². The molecule has 1 N–H and O–H groups in total. The van der Waals surface area contributed by atoms with Crippen LogP contribution in [0.25, 0.3) is 10.2 Å². The number of benzene rings is 1. The van der Waals surface area contributed by atoms with Gasteiger partial charge < -0.3 is 10.2 Å². The van der Waals surface area contributed by atoms with Gasteiger partial charge in [0, 0.05) is 19.6 Å². The Morgan fingerprint density at radius 1 is 1.50 bits per heavy atom. The van der Waals surface area contributed by atoms with Crippen LogP contribution in [0.2, 0.25) is 0 Å². The van der Waals surface area contributed by atoms with Crippen LogP contribution in [0.15, 0.2) is 18.2 Å². The smallest absolute Gasteiger partial charge is 0.224 e. The van der Waals surface area contributed by atoms with E-state index >= 15 is 0 Å². The van der Waals surface area contributed by atoms with Crippen molar-refractivity contribution in [1.29, 1.82) is 0 Å². The average molecular weight is 349 g/mol. The van der Waals surface area contributed by atoms with E-state index in [4.69, 9.17) is 0 Å². The fourth-order valence-corrected chi connectivity index (χ4v) is 4.05. The molecule has 0 saturated carbocycles. The number of thiazole rings is 1. The highest BCUT2D eigenvalue weighted by atomic mass is 32.1. The maximum atomic E-state index is 13.8. The second-order valence-corrected chi connectivity index (χ2v) is 7.85. The van der Waals surface area contributed by atoms with E-state index in [-0.39, 0.29) is 17.6 Å². The molecule has 0 bridgehead atoms. The lowest BCUT2D eigenvalue weighted by atomic mass is 9.97. The Labute approximate surface area is 146 Å². The van der Waals surface area contributed by atoms with Gasteiger partial charge in [-0.3, -0.25) is 4.79 Å². The van der Waals surface area contributed by atoms with Crippen molar-refractivity contribution in [3.8, 4) is 0 Å². The van der Waals surface area contributed by atoms with Crippen LogP contribution in [0.3, 0.4) is 0 Å². The second kappa shape index (κ2) is 7.47. The number of rotatable bonds is 5. The van der Waals surface area contributed by atoms with Crippen LogP contribution in [0.4, 0.5) is 9.52 Å². The SMILES string of the molecule is CC(C)CCNC(=O)C1CCCN(c2nc3c(F)cccc3s2)C1. The van der Waals surface area contributed by atoms with Gasteiger partial charge in [0.15, 0.2) is 5.13 Å². The van der Waals surface area contributed by atoms with Gasteiger partial charge in [-0.1, -0.05) is 31.3 Å². The molecule has 1 atom stereocenters. The largest absolute Gasteiger partial charge is 0.356 e. The molecule has 3 rings (SSSR count). The number of anilines is 1. The van der Waals surface area contributed by atoms with Crippen molar-refractivity contribution in [1.82, 2.24) is 10.3 Å². The zero-order valence-electron chi connectivity index (χ0n) is 14.2. The van der Waals surface area contributed by atoms with Crippen LogP contribution in [-0.4, -0.2) is 30.5 Å². The van der Waals surface area contributed by atoms with Crippen molar-refractivity contribution < 1.29 is 9.18 Å². The summed E-state index contributed by atoms with van der Waals surface area (Å²) in [5.41, 5.74) is 0.431. The molecule has 1 fully saturated rings. The monoisotopic (exact) mass is 349 g/mol. The summed E-state index contributed by atoms with van der Waals surface area (Å²) < 4.78 is 14.7. The molecule has 1 amide bonds. The van der Waals surface area contributed by atoms with E-state index in [2.05, 4.69) is 29.0 Å². The summed E-state index contributed by atoms with van der Waals surface area (Å²) in [4.78, 5) is 18.9. The van der Waals surface area contributed by atoms with E-state index in [1.807, 2.05) is 6.07 Å². The van der Waals surface area contributed by atoms with Crippen molar-refractivity contribution in [3.05, 3.63) is 24.0 Å². The van der Waals surface area contributed by atoms with E-state index in [1.54, 1.807) is 6.07 Å². The molecular formula is C18H24FN3OS. The number of hydrogen-bond acceptors (Lipinski definition) is 4. The van der Waals surface area contributed by atoms with Gasteiger partial charge in [-0.05, 0) is 37.3 Å². The van der Waals surface area contributed by atoms with Crippen LogP contribution in [0.1, 0.15) is 33.1 Å². The Morgan fingerprint density at radius 3 is 3.08 bits per heavy atom. The van der Waals surface area contributed by atoms with Crippen molar-refractivity contribution >= 4 is 32.6 Å². The quantitative estimate of drug-likeness (QED) is 0.893. The molecule has 1 saturated heterocycles. The highest BCUT2D eigenvalue weighted by Gasteiger charge is 2.27.